The molecule has 5 atom stereocenters. The molecule has 2 saturated carbocycles. The SMILES string of the molecule is COC(=O)COCCCC[C@@H]1[C@@H](c2ccc(C(O)C3CCCCC3)cc2)[C@H](O)C[C@@H]1Cl. The minimum absolute atomic E-state index is 0.0133. The number of carbonyl (C=O) groups is 1. The maximum Gasteiger partial charge on any atom is 0.331 e. The van der Waals surface area contributed by atoms with Crippen LogP contribution in [0.2, 0.25) is 0 Å². The number of halogens is 1. The third-order valence-corrected chi connectivity index (χ3v) is 7.59. The van der Waals surface area contributed by atoms with Crippen LogP contribution < -0.4 is 0 Å². The van der Waals surface area contributed by atoms with Crippen LogP contribution in [0.5, 0.6) is 0 Å². The van der Waals surface area contributed by atoms with Crippen LogP contribution >= 0.6 is 11.6 Å². The van der Waals surface area contributed by atoms with Crippen molar-refractivity contribution in [3.05, 3.63) is 35.4 Å². The van der Waals surface area contributed by atoms with Crippen LogP contribution in [-0.2, 0) is 14.3 Å². The van der Waals surface area contributed by atoms with Gasteiger partial charge in [0.15, 0.2) is 0 Å². The molecule has 0 aromatic heterocycles. The van der Waals surface area contributed by atoms with Gasteiger partial charge in [0, 0.05) is 17.9 Å². The van der Waals surface area contributed by atoms with Crippen molar-refractivity contribution >= 4 is 17.6 Å². The molecule has 0 radical (unpaired) electrons. The van der Waals surface area contributed by atoms with E-state index in [0.717, 1.165) is 43.2 Å². The first kappa shape index (κ1) is 24.5. The van der Waals surface area contributed by atoms with E-state index in [1.54, 1.807) is 0 Å². The van der Waals surface area contributed by atoms with E-state index in [1.165, 1.54) is 26.4 Å². The van der Waals surface area contributed by atoms with E-state index in [1.807, 2.05) is 12.1 Å². The van der Waals surface area contributed by atoms with Crippen LogP contribution in [0.15, 0.2) is 24.3 Å². The largest absolute Gasteiger partial charge is 0.467 e. The van der Waals surface area contributed by atoms with Crippen molar-refractivity contribution < 1.29 is 24.5 Å². The average molecular weight is 453 g/mol. The van der Waals surface area contributed by atoms with Gasteiger partial charge in [0.05, 0.1) is 19.3 Å². The molecular weight excluding hydrogens is 416 g/mol. The fraction of sp³-hybridized carbons (Fsp3) is 0.720. The quantitative estimate of drug-likeness (QED) is 0.305. The van der Waals surface area contributed by atoms with Gasteiger partial charge in [0.2, 0.25) is 0 Å². The summed E-state index contributed by atoms with van der Waals surface area (Å²) in [5.74, 6) is 0.209. The van der Waals surface area contributed by atoms with Crippen LogP contribution in [0.25, 0.3) is 0 Å². The molecule has 0 saturated heterocycles. The van der Waals surface area contributed by atoms with Crippen molar-refractivity contribution in [3.8, 4) is 0 Å². The normalized spacial score (nSPS) is 27.9. The highest BCUT2D eigenvalue weighted by Gasteiger charge is 2.42. The molecule has 3 rings (SSSR count). The van der Waals surface area contributed by atoms with E-state index in [2.05, 4.69) is 16.9 Å². The summed E-state index contributed by atoms with van der Waals surface area (Å²) in [5, 5.41) is 21.4. The van der Waals surface area contributed by atoms with Crippen LogP contribution in [0, 0.1) is 11.8 Å². The number of methoxy groups -OCH3 is 1. The molecule has 31 heavy (non-hydrogen) atoms. The van der Waals surface area contributed by atoms with Crippen LogP contribution in [0.3, 0.4) is 0 Å². The Kier molecular flexibility index (Phi) is 9.64. The molecule has 1 aromatic carbocycles. The van der Waals surface area contributed by atoms with Crippen LogP contribution in [0.4, 0.5) is 0 Å². The number of hydrogen-bond donors (Lipinski definition) is 2. The zero-order valence-electron chi connectivity index (χ0n) is 18.5. The number of ether oxygens (including phenoxy) is 2. The molecule has 1 aromatic rings. The Labute approximate surface area is 191 Å². The summed E-state index contributed by atoms with van der Waals surface area (Å²) in [6.45, 7) is 0.494. The molecule has 1 unspecified atom stereocenters. The van der Waals surface area contributed by atoms with E-state index in [4.69, 9.17) is 16.3 Å². The Morgan fingerprint density at radius 2 is 1.87 bits per heavy atom. The fourth-order valence-electron chi connectivity index (χ4n) is 5.33. The number of benzene rings is 1. The predicted molar refractivity (Wildman–Crippen MR) is 121 cm³/mol. The molecule has 0 amide bonds. The molecule has 6 heteroatoms. The second-order valence-corrected chi connectivity index (χ2v) is 9.70. The van der Waals surface area contributed by atoms with E-state index in [9.17, 15) is 15.0 Å². The van der Waals surface area contributed by atoms with Gasteiger partial charge >= 0.3 is 5.97 Å². The van der Waals surface area contributed by atoms with Gasteiger partial charge in [-0.25, -0.2) is 4.79 Å². The first-order valence-electron chi connectivity index (χ1n) is 11.8. The summed E-state index contributed by atoms with van der Waals surface area (Å²) in [7, 11) is 1.35. The van der Waals surface area contributed by atoms with Crippen molar-refractivity contribution in [1.82, 2.24) is 0 Å². The highest BCUT2D eigenvalue weighted by Crippen LogP contribution is 2.45. The molecule has 0 bridgehead atoms. The summed E-state index contributed by atoms with van der Waals surface area (Å²) in [5.41, 5.74) is 2.08. The molecule has 0 heterocycles. The second-order valence-electron chi connectivity index (χ2n) is 9.14. The predicted octanol–water partition coefficient (Wildman–Crippen LogP) is 4.73. The van der Waals surface area contributed by atoms with Crippen molar-refractivity contribution in [3.63, 3.8) is 0 Å². The third kappa shape index (κ3) is 6.67. The first-order chi connectivity index (χ1) is 15.0. The highest BCUT2D eigenvalue weighted by atomic mass is 35.5. The number of hydrogen-bond acceptors (Lipinski definition) is 5. The Hall–Kier alpha value is -1.14. The maximum atomic E-state index is 11.1. The second kappa shape index (κ2) is 12.2. The number of alkyl halides is 1. The molecular formula is C25H37ClO5. The van der Waals surface area contributed by atoms with Crippen LogP contribution in [-0.4, -0.2) is 48.0 Å². The first-order valence-corrected chi connectivity index (χ1v) is 12.2. The lowest BCUT2D eigenvalue weighted by Crippen LogP contribution is -2.20. The minimum atomic E-state index is -0.447. The lowest BCUT2D eigenvalue weighted by Gasteiger charge is -2.28. The van der Waals surface area contributed by atoms with Crippen molar-refractivity contribution in [2.75, 3.05) is 20.3 Å². The number of carbonyl (C=O) groups excluding carboxylic acids is 1. The average Bonchev–Trinajstić information content (AvgIpc) is 3.08. The van der Waals surface area contributed by atoms with Crippen LogP contribution in [0.1, 0.15) is 80.9 Å². The Bertz CT molecular complexity index is 673. The maximum absolute atomic E-state index is 11.1. The lowest BCUT2D eigenvalue weighted by molar-refractivity contribution is -0.145. The summed E-state index contributed by atoms with van der Waals surface area (Å²) >= 11 is 6.61. The number of aliphatic hydroxyl groups is 2. The number of unbranched alkanes of at least 4 members (excludes halogenated alkanes) is 1. The molecule has 0 aliphatic heterocycles. The summed E-state index contributed by atoms with van der Waals surface area (Å²) < 4.78 is 9.87. The van der Waals surface area contributed by atoms with E-state index in [0.29, 0.717) is 18.9 Å². The monoisotopic (exact) mass is 452 g/mol. The number of aliphatic hydroxyl groups excluding tert-OH is 2. The smallest absolute Gasteiger partial charge is 0.331 e. The standard InChI is InChI=1S/C25H37ClO5/c1-30-23(28)16-31-14-6-5-9-20-21(26)15-22(27)24(20)17-10-12-19(13-11-17)25(29)18-7-3-2-4-8-18/h10-13,18,20-22,24-25,27,29H,2-9,14-16H2,1H3/t20-,21-,22+,24+,25?/m0/s1. The lowest BCUT2D eigenvalue weighted by atomic mass is 9.81. The molecule has 2 aliphatic rings. The molecule has 0 spiro atoms. The Morgan fingerprint density at radius 3 is 2.55 bits per heavy atom. The van der Waals surface area contributed by atoms with E-state index in [-0.39, 0.29) is 29.8 Å². The van der Waals surface area contributed by atoms with Gasteiger partial charge in [0.25, 0.3) is 0 Å². The van der Waals surface area contributed by atoms with Gasteiger partial charge in [-0.05, 0) is 55.1 Å². The van der Waals surface area contributed by atoms with Gasteiger partial charge < -0.3 is 19.7 Å². The van der Waals surface area contributed by atoms with Gasteiger partial charge in [-0.3, -0.25) is 0 Å². The molecule has 2 N–H and O–H groups in total. The molecule has 2 fully saturated rings. The van der Waals surface area contributed by atoms with Gasteiger partial charge in [-0.2, -0.15) is 0 Å². The fourth-order valence-corrected chi connectivity index (χ4v) is 5.79. The van der Waals surface area contributed by atoms with Gasteiger partial charge in [-0.15, -0.1) is 11.6 Å². The third-order valence-electron chi connectivity index (χ3n) is 7.09. The van der Waals surface area contributed by atoms with Gasteiger partial charge in [-0.1, -0.05) is 49.9 Å². The van der Waals surface area contributed by atoms with E-state index >= 15 is 0 Å². The zero-order valence-corrected chi connectivity index (χ0v) is 19.3. The van der Waals surface area contributed by atoms with Crippen molar-refractivity contribution in [2.24, 2.45) is 11.8 Å². The highest BCUT2D eigenvalue weighted by molar-refractivity contribution is 6.21. The number of rotatable bonds is 10. The zero-order chi connectivity index (χ0) is 22.2. The van der Waals surface area contributed by atoms with Crippen molar-refractivity contribution in [2.45, 2.75) is 81.3 Å². The summed E-state index contributed by atoms with van der Waals surface area (Å²) in [6, 6.07) is 8.19. The summed E-state index contributed by atoms with van der Waals surface area (Å²) in [4.78, 5) is 11.1. The summed E-state index contributed by atoms with van der Waals surface area (Å²) in [6.07, 6.45) is 8.32. The molecule has 2 aliphatic carbocycles. The Balaban J connectivity index is 1.54. The van der Waals surface area contributed by atoms with E-state index < -0.39 is 12.2 Å². The molecule has 174 valence electrons. The topological polar surface area (TPSA) is 76.0 Å². The van der Waals surface area contributed by atoms with Crippen molar-refractivity contribution in [1.29, 1.82) is 0 Å². The number of esters is 1. The Morgan fingerprint density at radius 1 is 1.16 bits per heavy atom. The van der Waals surface area contributed by atoms with Gasteiger partial charge in [0.1, 0.15) is 6.61 Å². The minimum Gasteiger partial charge on any atom is -0.467 e. The molecule has 5 nitrogen and oxygen atoms in total.